The minimum atomic E-state index is -3.47. The maximum Gasteiger partial charge on any atom is 0.281 e. The molecular formula is C18H24FN3O3S. The zero-order chi connectivity index (χ0) is 18.9. The van der Waals surface area contributed by atoms with Gasteiger partial charge in [-0.15, -0.1) is 0 Å². The van der Waals surface area contributed by atoms with E-state index in [4.69, 9.17) is 4.42 Å². The van der Waals surface area contributed by atoms with E-state index in [0.29, 0.717) is 31.2 Å². The van der Waals surface area contributed by atoms with Crippen molar-refractivity contribution in [2.75, 3.05) is 27.2 Å². The van der Waals surface area contributed by atoms with Crippen molar-refractivity contribution >= 4 is 10.2 Å². The molecule has 1 aromatic carbocycles. The zero-order valence-electron chi connectivity index (χ0n) is 15.3. The van der Waals surface area contributed by atoms with Gasteiger partial charge in [0.25, 0.3) is 10.2 Å². The van der Waals surface area contributed by atoms with Crippen molar-refractivity contribution in [1.82, 2.24) is 13.6 Å². The van der Waals surface area contributed by atoms with E-state index in [0.717, 1.165) is 18.4 Å². The Morgan fingerprint density at radius 1 is 1.38 bits per heavy atom. The van der Waals surface area contributed by atoms with Gasteiger partial charge in [0.05, 0.1) is 11.6 Å². The molecule has 0 spiro atoms. The summed E-state index contributed by atoms with van der Waals surface area (Å²) in [6, 6.07) is 6.36. The molecule has 0 saturated carbocycles. The van der Waals surface area contributed by atoms with Gasteiger partial charge in [0, 0.05) is 33.6 Å². The molecule has 26 heavy (non-hydrogen) atoms. The predicted molar refractivity (Wildman–Crippen MR) is 96.5 cm³/mol. The summed E-state index contributed by atoms with van der Waals surface area (Å²) in [5.74, 6) is 0.882. The smallest absolute Gasteiger partial charge is 0.281 e. The third-order valence-corrected chi connectivity index (χ3v) is 6.67. The van der Waals surface area contributed by atoms with Gasteiger partial charge in [0.15, 0.2) is 0 Å². The van der Waals surface area contributed by atoms with E-state index in [9.17, 15) is 12.8 Å². The number of piperidine rings is 1. The van der Waals surface area contributed by atoms with Crippen molar-refractivity contribution in [3.05, 3.63) is 53.5 Å². The molecule has 3 rings (SSSR count). The lowest BCUT2D eigenvalue weighted by Gasteiger charge is -2.38. The summed E-state index contributed by atoms with van der Waals surface area (Å²) < 4.78 is 46.9. The Balaban J connectivity index is 1.79. The quantitative estimate of drug-likeness (QED) is 0.798. The minimum absolute atomic E-state index is 0.286. The van der Waals surface area contributed by atoms with Gasteiger partial charge in [-0.05, 0) is 37.5 Å². The van der Waals surface area contributed by atoms with Crippen LogP contribution in [0.3, 0.4) is 0 Å². The number of hydrogen-bond donors (Lipinski definition) is 0. The van der Waals surface area contributed by atoms with Crippen LogP contribution in [-0.4, -0.2) is 49.2 Å². The molecule has 1 aliphatic heterocycles. The first-order valence-electron chi connectivity index (χ1n) is 8.58. The van der Waals surface area contributed by atoms with E-state index < -0.39 is 15.6 Å². The summed E-state index contributed by atoms with van der Waals surface area (Å²) >= 11 is 0. The lowest BCUT2D eigenvalue weighted by Crippen LogP contribution is -2.50. The van der Waals surface area contributed by atoms with E-state index in [1.807, 2.05) is 13.0 Å². The van der Waals surface area contributed by atoms with Crippen molar-refractivity contribution < 1.29 is 17.2 Å². The Labute approximate surface area is 153 Å². The highest BCUT2D eigenvalue weighted by molar-refractivity contribution is 7.86. The summed E-state index contributed by atoms with van der Waals surface area (Å²) in [7, 11) is -0.407. The van der Waals surface area contributed by atoms with Crippen LogP contribution in [0, 0.1) is 5.82 Å². The third kappa shape index (κ3) is 3.82. The monoisotopic (exact) mass is 381 g/mol. The van der Waals surface area contributed by atoms with E-state index in [1.165, 1.54) is 34.8 Å². The zero-order valence-corrected chi connectivity index (χ0v) is 16.1. The summed E-state index contributed by atoms with van der Waals surface area (Å²) in [6.07, 6.45) is 3.63. The average molecular weight is 381 g/mol. The summed E-state index contributed by atoms with van der Waals surface area (Å²) in [5, 5.41) is 0. The summed E-state index contributed by atoms with van der Waals surface area (Å²) in [6.45, 7) is 2.79. The van der Waals surface area contributed by atoms with Gasteiger partial charge in [-0.25, -0.2) is 9.37 Å². The summed E-state index contributed by atoms with van der Waals surface area (Å²) in [5.41, 5.74) is 0.319. The molecule has 0 radical (unpaired) electrons. The molecule has 0 amide bonds. The van der Waals surface area contributed by atoms with Gasteiger partial charge in [-0.2, -0.15) is 17.0 Å². The standard InChI is InChI=1S/C18H24FN3O3S/c1-18(8-5-9-22(13-18)26(23,24)21(2)3)17-20-12-16(25-17)11-14-6-4-7-15(19)10-14/h4,6-7,10,12H,5,8-9,11,13H2,1-3H3/t18-/m1/s1. The Kier molecular flexibility index (Phi) is 5.18. The van der Waals surface area contributed by atoms with Crippen molar-refractivity contribution in [3.63, 3.8) is 0 Å². The van der Waals surface area contributed by atoms with Gasteiger partial charge < -0.3 is 4.42 Å². The Morgan fingerprint density at radius 3 is 2.85 bits per heavy atom. The Bertz CT molecular complexity index is 881. The van der Waals surface area contributed by atoms with Gasteiger partial charge in [0.2, 0.25) is 5.89 Å². The van der Waals surface area contributed by atoms with Crippen LogP contribution in [0.25, 0.3) is 0 Å². The van der Waals surface area contributed by atoms with E-state index in [2.05, 4.69) is 4.98 Å². The maximum atomic E-state index is 13.3. The Hall–Kier alpha value is -1.77. The van der Waals surface area contributed by atoms with Crippen LogP contribution in [0.1, 0.15) is 37.0 Å². The first kappa shape index (κ1) is 19.0. The van der Waals surface area contributed by atoms with Crippen molar-refractivity contribution in [2.45, 2.75) is 31.6 Å². The van der Waals surface area contributed by atoms with Gasteiger partial charge in [0.1, 0.15) is 11.6 Å². The lowest BCUT2D eigenvalue weighted by atomic mass is 9.83. The fraction of sp³-hybridized carbons (Fsp3) is 0.500. The molecule has 142 valence electrons. The maximum absolute atomic E-state index is 13.3. The highest BCUT2D eigenvalue weighted by atomic mass is 32.2. The van der Waals surface area contributed by atoms with E-state index in [-0.39, 0.29) is 5.82 Å². The molecule has 0 bridgehead atoms. The van der Waals surface area contributed by atoms with E-state index in [1.54, 1.807) is 12.3 Å². The number of benzene rings is 1. The van der Waals surface area contributed by atoms with Crippen LogP contribution in [0.4, 0.5) is 4.39 Å². The molecule has 1 aliphatic rings. The highest BCUT2D eigenvalue weighted by Gasteiger charge is 2.41. The molecule has 1 fully saturated rings. The van der Waals surface area contributed by atoms with Crippen LogP contribution in [0.15, 0.2) is 34.9 Å². The van der Waals surface area contributed by atoms with Crippen LogP contribution in [-0.2, 0) is 22.0 Å². The molecule has 0 unspecified atom stereocenters. The molecule has 1 saturated heterocycles. The average Bonchev–Trinajstić information content (AvgIpc) is 3.04. The largest absolute Gasteiger partial charge is 0.445 e. The van der Waals surface area contributed by atoms with Crippen molar-refractivity contribution in [3.8, 4) is 0 Å². The third-order valence-electron chi connectivity index (χ3n) is 4.79. The van der Waals surface area contributed by atoms with Crippen molar-refractivity contribution in [1.29, 1.82) is 0 Å². The topological polar surface area (TPSA) is 66.7 Å². The van der Waals surface area contributed by atoms with Crippen molar-refractivity contribution in [2.24, 2.45) is 0 Å². The second kappa shape index (κ2) is 7.09. The molecule has 1 atom stereocenters. The number of rotatable bonds is 5. The van der Waals surface area contributed by atoms with E-state index >= 15 is 0 Å². The molecule has 0 N–H and O–H groups in total. The number of nitrogens with zero attached hydrogens (tertiary/aromatic N) is 3. The van der Waals surface area contributed by atoms with Crippen LogP contribution >= 0.6 is 0 Å². The van der Waals surface area contributed by atoms with Gasteiger partial charge >= 0.3 is 0 Å². The molecule has 2 heterocycles. The second-order valence-electron chi connectivity index (χ2n) is 7.23. The second-order valence-corrected chi connectivity index (χ2v) is 9.37. The number of hydrogen-bond acceptors (Lipinski definition) is 4. The normalized spacial score (nSPS) is 22.0. The number of halogens is 1. The van der Waals surface area contributed by atoms with Crippen LogP contribution < -0.4 is 0 Å². The SMILES string of the molecule is CN(C)S(=O)(=O)N1CCC[C@@](C)(c2ncc(Cc3cccc(F)c3)o2)C1. The number of oxazole rings is 1. The van der Waals surface area contributed by atoms with Crippen LogP contribution in [0.5, 0.6) is 0 Å². The van der Waals surface area contributed by atoms with Crippen LogP contribution in [0.2, 0.25) is 0 Å². The Morgan fingerprint density at radius 2 is 2.15 bits per heavy atom. The first-order chi connectivity index (χ1) is 12.2. The molecule has 0 aliphatic carbocycles. The fourth-order valence-corrected chi connectivity index (χ4v) is 4.58. The molecule has 6 nitrogen and oxygen atoms in total. The molecule has 8 heteroatoms. The first-order valence-corrected chi connectivity index (χ1v) is 9.98. The lowest BCUT2D eigenvalue weighted by molar-refractivity contribution is 0.196. The summed E-state index contributed by atoms with van der Waals surface area (Å²) in [4.78, 5) is 4.40. The number of aromatic nitrogens is 1. The molecule has 1 aromatic heterocycles. The molecule has 2 aromatic rings. The highest BCUT2D eigenvalue weighted by Crippen LogP contribution is 2.35. The fourth-order valence-electron chi connectivity index (χ4n) is 3.31. The molecular weight excluding hydrogens is 357 g/mol. The van der Waals surface area contributed by atoms with Gasteiger partial charge in [-0.1, -0.05) is 12.1 Å². The predicted octanol–water partition coefficient (Wildman–Crippen LogP) is 2.56. The minimum Gasteiger partial charge on any atom is -0.445 e. The van der Waals surface area contributed by atoms with Gasteiger partial charge in [-0.3, -0.25) is 0 Å².